The molecule has 4 rings (SSSR count). The maximum Gasteiger partial charge on any atom is 0.229 e. The van der Waals surface area contributed by atoms with Gasteiger partial charge in [0.15, 0.2) is 0 Å². The lowest BCUT2D eigenvalue weighted by Crippen LogP contribution is -2.47. The Morgan fingerprint density at radius 2 is 1.71 bits per heavy atom. The third-order valence-corrected chi connectivity index (χ3v) is 6.79. The van der Waals surface area contributed by atoms with Crippen LogP contribution in [0.25, 0.3) is 0 Å². The fourth-order valence-corrected chi connectivity index (χ4v) is 5.30. The summed E-state index contributed by atoms with van der Waals surface area (Å²) in [5.74, 6) is 1.58. The summed E-state index contributed by atoms with van der Waals surface area (Å²) in [5, 5.41) is 0. The number of anilines is 2. The first-order valence-electron chi connectivity index (χ1n) is 11.0. The molecule has 2 heterocycles. The van der Waals surface area contributed by atoms with E-state index in [0.717, 1.165) is 57.0 Å². The Kier molecular flexibility index (Phi) is 6.17. The monoisotopic (exact) mass is 443 g/mol. The molecule has 0 saturated carbocycles. The topological polar surface area (TPSA) is 61.9 Å². The van der Waals surface area contributed by atoms with Gasteiger partial charge >= 0.3 is 0 Å². The maximum atomic E-state index is 11.4. The Balaban J connectivity index is 1.30. The molecule has 168 valence electrons. The molecule has 0 aromatic heterocycles. The van der Waals surface area contributed by atoms with E-state index >= 15 is 0 Å². The minimum Gasteiger partial charge on any atom is -0.488 e. The van der Waals surface area contributed by atoms with E-state index in [2.05, 4.69) is 52.6 Å². The molecule has 1 fully saturated rings. The Hall–Kier alpha value is -2.25. The summed E-state index contributed by atoms with van der Waals surface area (Å²) in [5.41, 5.74) is 2.97. The van der Waals surface area contributed by atoms with Gasteiger partial charge in [-0.2, -0.15) is 0 Å². The van der Waals surface area contributed by atoms with Gasteiger partial charge in [-0.25, -0.2) is 8.42 Å². The van der Waals surface area contributed by atoms with Crippen LogP contribution >= 0.6 is 0 Å². The molecule has 0 radical (unpaired) electrons. The maximum absolute atomic E-state index is 11.4. The third-order valence-electron chi connectivity index (χ3n) is 6.18. The number of sulfonamides is 1. The van der Waals surface area contributed by atoms with E-state index < -0.39 is 10.0 Å². The van der Waals surface area contributed by atoms with Crippen LogP contribution in [0.1, 0.15) is 38.2 Å². The molecule has 1 N–H and O–H groups in total. The lowest BCUT2D eigenvalue weighted by molar-refractivity contribution is 0.0681. The van der Waals surface area contributed by atoms with Crippen LogP contribution in [0, 0.1) is 0 Å². The van der Waals surface area contributed by atoms with Crippen molar-refractivity contribution in [2.24, 2.45) is 0 Å². The third kappa shape index (κ3) is 5.71. The second-order valence-electron chi connectivity index (χ2n) is 9.34. The first-order valence-corrected chi connectivity index (χ1v) is 12.9. The zero-order chi connectivity index (χ0) is 22.1. The molecule has 2 aromatic rings. The lowest BCUT2D eigenvalue weighted by Gasteiger charge is -2.40. The quantitative estimate of drug-likeness (QED) is 0.733. The Labute approximate surface area is 186 Å². The van der Waals surface area contributed by atoms with E-state index in [4.69, 9.17) is 4.74 Å². The van der Waals surface area contributed by atoms with Crippen LogP contribution in [0.4, 0.5) is 11.4 Å². The SMILES string of the molecule is CC1(C)CC(CCN2CCN(c3ccc(NS(C)(=O)=O)cc3)CC2)c2ccccc2O1. The van der Waals surface area contributed by atoms with Gasteiger partial charge in [0.05, 0.1) is 6.26 Å². The van der Waals surface area contributed by atoms with E-state index in [1.807, 2.05) is 24.3 Å². The van der Waals surface area contributed by atoms with Crippen LogP contribution in [0.5, 0.6) is 5.75 Å². The van der Waals surface area contributed by atoms with Gasteiger partial charge in [0.2, 0.25) is 10.0 Å². The zero-order valence-electron chi connectivity index (χ0n) is 18.7. The molecule has 0 bridgehead atoms. The summed E-state index contributed by atoms with van der Waals surface area (Å²) >= 11 is 0. The van der Waals surface area contributed by atoms with Crippen molar-refractivity contribution in [1.82, 2.24) is 4.90 Å². The van der Waals surface area contributed by atoms with Crippen molar-refractivity contribution >= 4 is 21.4 Å². The summed E-state index contributed by atoms with van der Waals surface area (Å²) < 4.78 is 31.4. The van der Waals surface area contributed by atoms with Crippen LogP contribution in [-0.4, -0.2) is 57.9 Å². The van der Waals surface area contributed by atoms with Crippen molar-refractivity contribution in [3.63, 3.8) is 0 Å². The Bertz CT molecular complexity index is 997. The van der Waals surface area contributed by atoms with Crippen LogP contribution in [0.15, 0.2) is 48.5 Å². The second kappa shape index (κ2) is 8.71. The number of para-hydroxylation sites is 1. The van der Waals surface area contributed by atoms with Gasteiger partial charge in [-0.05, 0) is 75.0 Å². The molecule has 7 heteroatoms. The molecule has 31 heavy (non-hydrogen) atoms. The summed E-state index contributed by atoms with van der Waals surface area (Å²) in [6.07, 6.45) is 3.37. The highest BCUT2D eigenvalue weighted by Gasteiger charge is 2.33. The van der Waals surface area contributed by atoms with Crippen LogP contribution in [-0.2, 0) is 10.0 Å². The number of fused-ring (bicyclic) bond motifs is 1. The first-order chi connectivity index (χ1) is 14.7. The van der Waals surface area contributed by atoms with Crippen molar-refractivity contribution in [2.75, 3.05) is 48.6 Å². The molecule has 2 aromatic carbocycles. The number of nitrogens with one attached hydrogen (secondary N) is 1. The first kappa shape index (κ1) is 22.0. The summed E-state index contributed by atoms with van der Waals surface area (Å²) in [4.78, 5) is 4.93. The predicted octanol–water partition coefficient (Wildman–Crippen LogP) is 3.92. The van der Waals surface area contributed by atoms with E-state index in [-0.39, 0.29) is 5.60 Å². The molecule has 0 spiro atoms. The van der Waals surface area contributed by atoms with Gasteiger partial charge in [0.25, 0.3) is 0 Å². The van der Waals surface area contributed by atoms with Gasteiger partial charge in [0, 0.05) is 37.6 Å². The highest BCUT2D eigenvalue weighted by atomic mass is 32.2. The second-order valence-corrected chi connectivity index (χ2v) is 11.1. The molecule has 1 saturated heterocycles. The van der Waals surface area contributed by atoms with Crippen molar-refractivity contribution in [2.45, 2.75) is 38.2 Å². The summed E-state index contributed by atoms with van der Waals surface area (Å²) in [7, 11) is -3.24. The average molecular weight is 444 g/mol. The average Bonchev–Trinajstić information content (AvgIpc) is 2.71. The largest absolute Gasteiger partial charge is 0.488 e. The number of hydrogen-bond donors (Lipinski definition) is 1. The van der Waals surface area contributed by atoms with Gasteiger partial charge in [-0.1, -0.05) is 18.2 Å². The molecular formula is C24H33N3O3S. The summed E-state index contributed by atoms with van der Waals surface area (Å²) in [6, 6.07) is 16.1. The van der Waals surface area contributed by atoms with E-state index in [1.165, 1.54) is 11.8 Å². The number of hydrogen-bond acceptors (Lipinski definition) is 5. The molecular weight excluding hydrogens is 410 g/mol. The fourth-order valence-electron chi connectivity index (χ4n) is 4.73. The minimum absolute atomic E-state index is 0.115. The minimum atomic E-state index is -3.24. The fraction of sp³-hybridized carbons (Fsp3) is 0.500. The molecule has 2 aliphatic heterocycles. The van der Waals surface area contributed by atoms with Crippen LogP contribution in [0.2, 0.25) is 0 Å². The van der Waals surface area contributed by atoms with Crippen molar-refractivity contribution < 1.29 is 13.2 Å². The highest BCUT2D eigenvalue weighted by Crippen LogP contribution is 2.42. The predicted molar refractivity (Wildman–Crippen MR) is 127 cm³/mol. The van der Waals surface area contributed by atoms with E-state index in [9.17, 15) is 8.42 Å². The number of rotatable bonds is 6. The Morgan fingerprint density at radius 3 is 2.39 bits per heavy atom. The zero-order valence-corrected chi connectivity index (χ0v) is 19.5. The number of piperazine rings is 1. The Morgan fingerprint density at radius 1 is 1.03 bits per heavy atom. The standard InChI is InChI=1S/C24H33N3O3S/c1-24(2)18-19(22-6-4-5-7-23(22)30-24)12-13-26-14-16-27(17-15-26)21-10-8-20(9-11-21)25-31(3,28)29/h4-11,19,25H,12-18H2,1-3H3. The van der Waals surface area contributed by atoms with Gasteiger partial charge in [0.1, 0.15) is 11.4 Å². The van der Waals surface area contributed by atoms with Crippen LogP contribution < -0.4 is 14.4 Å². The van der Waals surface area contributed by atoms with Crippen molar-refractivity contribution in [1.29, 1.82) is 0 Å². The van der Waals surface area contributed by atoms with Crippen molar-refractivity contribution in [3.8, 4) is 5.75 Å². The molecule has 6 nitrogen and oxygen atoms in total. The highest BCUT2D eigenvalue weighted by molar-refractivity contribution is 7.92. The van der Waals surface area contributed by atoms with Gasteiger partial charge in [-0.15, -0.1) is 0 Å². The molecule has 1 unspecified atom stereocenters. The number of ether oxygens (including phenoxy) is 1. The van der Waals surface area contributed by atoms with E-state index in [0.29, 0.717) is 11.6 Å². The smallest absolute Gasteiger partial charge is 0.229 e. The number of benzene rings is 2. The van der Waals surface area contributed by atoms with Crippen LogP contribution in [0.3, 0.4) is 0 Å². The van der Waals surface area contributed by atoms with Gasteiger partial charge in [-0.3, -0.25) is 9.62 Å². The van der Waals surface area contributed by atoms with Gasteiger partial charge < -0.3 is 9.64 Å². The lowest BCUT2D eigenvalue weighted by atomic mass is 9.82. The molecule has 1 atom stereocenters. The molecule has 2 aliphatic rings. The van der Waals surface area contributed by atoms with E-state index in [1.54, 1.807) is 0 Å². The molecule has 0 aliphatic carbocycles. The summed E-state index contributed by atoms with van der Waals surface area (Å²) in [6.45, 7) is 9.51. The number of nitrogens with zero attached hydrogens (tertiary/aromatic N) is 2. The normalized spacial score (nSPS) is 21.3. The molecule has 0 amide bonds. The van der Waals surface area contributed by atoms with Crippen molar-refractivity contribution in [3.05, 3.63) is 54.1 Å².